The van der Waals surface area contributed by atoms with Crippen LogP contribution >= 0.6 is 0 Å². The number of anilines is 2. The van der Waals surface area contributed by atoms with Crippen LogP contribution in [0.2, 0.25) is 0 Å². The smallest absolute Gasteiger partial charge is 0.323 e. The second-order valence-corrected chi connectivity index (χ2v) is 10.3. The molecule has 0 aliphatic rings. The second-order valence-electron chi connectivity index (χ2n) is 10.3. The summed E-state index contributed by atoms with van der Waals surface area (Å²) >= 11 is 0. The summed E-state index contributed by atoms with van der Waals surface area (Å²) in [6.07, 6.45) is 1.67. The fourth-order valence-corrected chi connectivity index (χ4v) is 4.87. The third-order valence-electron chi connectivity index (χ3n) is 6.69. The van der Waals surface area contributed by atoms with Crippen LogP contribution in [-0.2, 0) is 0 Å². The van der Waals surface area contributed by atoms with Crippen molar-refractivity contribution in [1.29, 1.82) is 0 Å². The fourth-order valence-electron chi connectivity index (χ4n) is 4.87. The summed E-state index contributed by atoms with van der Waals surface area (Å²) in [6, 6.07) is 16.7. The number of ether oxygens (including phenoxy) is 1. The van der Waals surface area contributed by atoms with Crippen molar-refractivity contribution in [2.75, 3.05) is 17.7 Å². The van der Waals surface area contributed by atoms with Crippen molar-refractivity contribution in [3.05, 3.63) is 82.3 Å². The van der Waals surface area contributed by atoms with Gasteiger partial charge in [-0.2, -0.15) is 0 Å². The van der Waals surface area contributed by atoms with Gasteiger partial charge in [0.15, 0.2) is 0 Å². The monoisotopic (exact) mass is 512 g/mol. The van der Waals surface area contributed by atoms with Crippen LogP contribution in [-0.4, -0.2) is 22.7 Å². The van der Waals surface area contributed by atoms with Gasteiger partial charge in [0.25, 0.3) is 5.56 Å². The van der Waals surface area contributed by atoms with Gasteiger partial charge in [-0.15, -0.1) is 0 Å². The summed E-state index contributed by atoms with van der Waals surface area (Å²) < 4.78 is 7.07. The number of aromatic nitrogens is 2. The summed E-state index contributed by atoms with van der Waals surface area (Å²) in [5.41, 5.74) is 4.65. The largest absolute Gasteiger partial charge is 0.497 e. The van der Waals surface area contributed by atoms with Gasteiger partial charge in [-0.1, -0.05) is 58.0 Å². The van der Waals surface area contributed by atoms with Gasteiger partial charge in [0.05, 0.1) is 7.11 Å². The average Bonchev–Trinajstić information content (AvgIpc) is 2.88. The molecule has 0 fully saturated rings. The number of carbonyl (C=O) groups excluding carboxylic acids is 1. The number of nitrogens with zero attached hydrogens (tertiary/aromatic N) is 2. The first-order valence-electron chi connectivity index (χ1n) is 13.0. The Hall–Kier alpha value is -4.13. The van der Waals surface area contributed by atoms with Crippen molar-refractivity contribution in [3.8, 4) is 16.9 Å². The predicted octanol–water partition coefficient (Wildman–Crippen LogP) is 7.54. The Balaban J connectivity index is 1.91. The van der Waals surface area contributed by atoms with E-state index in [-0.39, 0.29) is 29.1 Å². The lowest BCUT2D eigenvalue weighted by Crippen LogP contribution is -2.31. The first-order chi connectivity index (χ1) is 18.1. The molecule has 0 radical (unpaired) electrons. The summed E-state index contributed by atoms with van der Waals surface area (Å²) in [5, 5.41) is 6.77. The SMILES string of the molecule is COc1cccc(-c2c(NC(=O)Nc3c(C(C)C)cccc3C(C)C)c(=O)n(C(C)C)c3ncccc23)c1. The second kappa shape index (κ2) is 11.1. The summed E-state index contributed by atoms with van der Waals surface area (Å²) in [4.78, 5) is 32.1. The van der Waals surface area contributed by atoms with Gasteiger partial charge in [0.2, 0.25) is 0 Å². The zero-order valence-corrected chi connectivity index (χ0v) is 23.1. The number of rotatable bonds is 7. The van der Waals surface area contributed by atoms with Gasteiger partial charge in [0.1, 0.15) is 17.1 Å². The molecule has 0 bridgehead atoms. The molecular formula is C31H36N4O3. The molecule has 0 atom stereocenters. The number of nitrogens with one attached hydrogen (secondary N) is 2. The van der Waals surface area contributed by atoms with Crippen LogP contribution in [0.1, 0.15) is 70.5 Å². The molecule has 4 rings (SSSR count). The molecule has 2 aromatic carbocycles. The number of para-hydroxylation sites is 1. The van der Waals surface area contributed by atoms with E-state index in [1.165, 1.54) is 0 Å². The van der Waals surface area contributed by atoms with E-state index in [1.807, 2.05) is 68.4 Å². The minimum absolute atomic E-state index is 0.169. The molecule has 0 saturated heterocycles. The maximum absolute atomic E-state index is 14.0. The van der Waals surface area contributed by atoms with Gasteiger partial charge in [-0.3, -0.25) is 9.36 Å². The molecule has 2 amide bonds. The number of fused-ring (bicyclic) bond motifs is 1. The first-order valence-corrected chi connectivity index (χ1v) is 13.0. The quantitative estimate of drug-likeness (QED) is 0.268. The minimum atomic E-state index is -0.472. The van der Waals surface area contributed by atoms with Gasteiger partial charge < -0.3 is 15.4 Å². The Labute approximate surface area is 223 Å². The molecular weight excluding hydrogens is 476 g/mol. The van der Waals surface area contributed by atoms with Crippen LogP contribution < -0.4 is 20.9 Å². The molecule has 2 heterocycles. The normalized spacial score (nSPS) is 11.4. The number of benzene rings is 2. The summed E-state index contributed by atoms with van der Waals surface area (Å²) in [5.74, 6) is 1.07. The van der Waals surface area contributed by atoms with Crippen molar-refractivity contribution in [1.82, 2.24) is 9.55 Å². The highest BCUT2D eigenvalue weighted by Gasteiger charge is 2.23. The van der Waals surface area contributed by atoms with Gasteiger partial charge in [-0.05, 0) is 66.6 Å². The van der Waals surface area contributed by atoms with Gasteiger partial charge in [-0.25, -0.2) is 9.78 Å². The molecule has 38 heavy (non-hydrogen) atoms. The Morgan fingerprint density at radius 2 is 1.50 bits per heavy atom. The molecule has 4 aromatic rings. The van der Waals surface area contributed by atoms with Crippen molar-refractivity contribution in [2.24, 2.45) is 0 Å². The number of amides is 2. The zero-order chi connectivity index (χ0) is 27.6. The lowest BCUT2D eigenvalue weighted by atomic mass is 9.93. The standard InChI is InChI=1S/C31H36N4O3/c1-18(2)23-13-9-14-24(19(3)4)27(23)33-31(37)34-28-26(21-11-8-12-22(17-21)38-7)25-15-10-16-32-29(25)35(20(5)6)30(28)36/h8-20H,1-7H3,(H2,33,34,37). The van der Waals surface area contributed by atoms with Crippen molar-refractivity contribution in [2.45, 2.75) is 59.4 Å². The van der Waals surface area contributed by atoms with Crippen molar-refractivity contribution < 1.29 is 9.53 Å². The van der Waals surface area contributed by atoms with E-state index in [0.717, 1.165) is 27.8 Å². The van der Waals surface area contributed by atoms with E-state index in [1.54, 1.807) is 17.9 Å². The number of hydrogen-bond donors (Lipinski definition) is 2. The van der Waals surface area contributed by atoms with E-state index in [2.05, 4.69) is 43.3 Å². The third-order valence-corrected chi connectivity index (χ3v) is 6.69. The number of hydrogen-bond acceptors (Lipinski definition) is 4. The third kappa shape index (κ3) is 5.14. The Morgan fingerprint density at radius 1 is 0.868 bits per heavy atom. The molecule has 7 heteroatoms. The molecule has 7 nitrogen and oxygen atoms in total. The molecule has 0 saturated carbocycles. The van der Waals surface area contributed by atoms with Gasteiger partial charge in [0, 0.05) is 28.9 Å². The average molecular weight is 513 g/mol. The lowest BCUT2D eigenvalue weighted by Gasteiger charge is -2.22. The van der Waals surface area contributed by atoms with Crippen LogP contribution in [0.5, 0.6) is 5.75 Å². The number of methoxy groups -OCH3 is 1. The number of pyridine rings is 2. The lowest BCUT2D eigenvalue weighted by molar-refractivity contribution is 0.262. The summed E-state index contributed by atoms with van der Waals surface area (Å²) in [7, 11) is 1.60. The zero-order valence-electron chi connectivity index (χ0n) is 23.1. The number of urea groups is 1. The van der Waals surface area contributed by atoms with E-state index < -0.39 is 6.03 Å². The van der Waals surface area contributed by atoms with Crippen molar-refractivity contribution >= 4 is 28.4 Å². The first kappa shape index (κ1) is 26.9. The Bertz CT molecular complexity index is 1510. The molecule has 2 aromatic heterocycles. The van der Waals surface area contributed by atoms with Crippen LogP contribution in [0.3, 0.4) is 0 Å². The molecule has 0 aliphatic heterocycles. The van der Waals surface area contributed by atoms with E-state index in [4.69, 9.17) is 4.74 Å². The maximum Gasteiger partial charge on any atom is 0.323 e. The highest BCUT2D eigenvalue weighted by Crippen LogP contribution is 2.36. The van der Waals surface area contributed by atoms with Gasteiger partial charge >= 0.3 is 6.03 Å². The number of carbonyl (C=O) groups is 1. The van der Waals surface area contributed by atoms with E-state index in [0.29, 0.717) is 17.0 Å². The van der Waals surface area contributed by atoms with Crippen molar-refractivity contribution in [3.63, 3.8) is 0 Å². The summed E-state index contributed by atoms with van der Waals surface area (Å²) in [6.45, 7) is 12.3. The fraction of sp³-hybridized carbons (Fsp3) is 0.323. The molecule has 0 spiro atoms. The molecule has 0 aliphatic carbocycles. The Kier molecular flexibility index (Phi) is 7.86. The van der Waals surface area contributed by atoms with Crippen LogP contribution in [0.15, 0.2) is 65.6 Å². The Morgan fingerprint density at radius 3 is 2.11 bits per heavy atom. The van der Waals surface area contributed by atoms with E-state index in [9.17, 15) is 9.59 Å². The maximum atomic E-state index is 14.0. The molecule has 2 N–H and O–H groups in total. The highest BCUT2D eigenvalue weighted by molar-refractivity contribution is 6.07. The van der Waals surface area contributed by atoms with Crippen LogP contribution in [0.4, 0.5) is 16.2 Å². The topological polar surface area (TPSA) is 85.3 Å². The van der Waals surface area contributed by atoms with Crippen LogP contribution in [0.25, 0.3) is 22.2 Å². The molecule has 198 valence electrons. The molecule has 0 unspecified atom stereocenters. The van der Waals surface area contributed by atoms with Crippen LogP contribution in [0, 0.1) is 0 Å². The predicted molar refractivity (Wildman–Crippen MR) is 156 cm³/mol. The highest BCUT2D eigenvalue weighted by atomic mass is 16.5. The van der Waals surface area contributed by atoms with E-state index >= 15 is 0 Å². The minimum Gasteiger partial charge on any atom is -0.497 e.